The highest BCUT2D eigenvalue weighted by molar-refractivity contribution is 5.21. The fourth-order valence-electron chi connectivity index (χ4n) is 2.16. The van der Waals surface area contributed by atoms with Gasteiger partial charge in [0.1, 0.15) is 6.04 Å². The van der Waals surface area contributed by atoms with Crippen molar-refractivity contribution in [1.82, 2.24) is 19.3 Å². The molecule has 3 aromatic rings. The maximum atomic E-state index is 5.52. The first-order valence-electron chi connectivity index (χ1n) is 6.06. The predicted molar refractivity (Wildman–Crippen MR) is 69.3 cm³/mol. The van der Waals surface area contributed by atoms with Crippen molar-refractivity contribution in [2.24, 2.45) is 12.8 Å². The minimum Gasteiger partial charge on any atom is -0.352 e. The van der Waals surface area contributed by atoms with Crippen LogP contribution < -0.4 is 5.73 Å². The van der Waals surface area contributed by atoms with E-state index in [9.17, 15) is 0 Å². The van der Waals surface area contributed by atoms with Crippen molar-refractivity contribution in [3.8, 4) is 0 Å². The summed E-state index contributed by atoms with van der Waals surface area (Å²) in [5.74, 6) is 1.06. The van der Waals surface area contributed by atoms with E-state index in [2.05, 4.69) is 10.1 Å². The van der Waals surface area contributed by atoms with E-state index in [0.29, 0.717) is 11.7 Å². The van der Waals surface area contributed by atoms with Gasteiger partial charge in [-0.05, 0) is 24.3 Å². The molecule has 0 saturated heterocycles. The van der Waals surface area contributed by atoms with E-state index in [-0.39, 0.29) is 12.6 Å². The maximum absolute atomic E-state index is 5.52. The van der Waals surface area contributed by atoms with Gasteiger partial charge in [-0.3, -0.25) is 0 Å². The van der Waals surface area contributed by atoms with Gasteiger partial charge >= 0.3 is 0 Å². The van der Waals surface area contributed by atoms with E-state index in [4.69, 9.17) is 10.3 Å². The van der Waals surface area contributed by atoms with Crippen molar-refractivity contribution in [2.75, 3.05) is 0 Å². The molecule has 3 aromatic heterocycles. The summed E-state index contributed by atoms with van der Waals surface area (Å²) < 4.78 is 9.21. The molecule has 0 radical (unpaired) electrons. The lowest BCUT2D eigenvalue weighted by Gasteiger charge is -2.16. The Morgan fingerprint density at radius 3 is 2.63 bits per heavy atom. The predicted octanol–water partition coefficient (Wildman–Crippen LogP) is 1.31. The van der Waals surface area contributed by atoms with E-state index in [0.717, 1.165) is 5.69 Å². The van der Waals surface area contributed by atoms with Gasteiger partial charge in [-0.15, -0.1) is 0 Å². The van der Waals surface area contributed by atoms with Crippen LogP contribution in [0.2, 0.25) is 0 Å². The fourth-order valence-corrected chi connectivity index (χ4v) is 2.16. The van der Waals surface area contributed by atoms with E-state index in [1.807, 2.05) is 59.0 Å². The molecule has 0 aliphatic rings. The van der Waals surface area contributed by atoms with Gasteiger partial charge in [0, 0.05) is 31.3 Å². The van der Waals surface area contributed by atoms with Crippen LogP contribution >= 0.6 is 0 Å². The monoisotopic (exact) mass is 257 g/mol. The number of hydrogen-bond donors (Lipinski definition) is 1. The Morgan fingerprint density at radius 1 is 1.26 bits per heavy atom. The van der Waals surface area contributed by atoms with Gasteiger partial charge in [-0.25, -0.2) is 0 Å². The summed E-state index contributed by atoms with van der Waals surface area (Å²) in [6.07, 6.45) is 5.96. The molecule has 0 bridgehead atoms. The van der Waals surface area contributed by atoms with Crippen LogP contribution in [0.15, 0.2) is 47.4 Å². The number of nitrogens with zero attached hydrogens (tertiary/aromatic N) is 4. The summed E-state index contributed by atoms with van der Waals surface area (Å²) in [5, 5.41) is 4.04. The molecule has 0 spiro atoms. The summed E-state index contributed by atoms with van der Waals surface area (Å²) in [4.78, 5) is 4.35. The van der Waals surface area contributed by atoms with E-state index in [1.54, 1.807) is 0 Å². The number of rotatable bonds is 4. The van der Waals surface area contributed by atoms with Crippen LogP contribution in [0.5, 0.6) is 0 Å². The number of nitrogens with two attached hydrogens (primary N) is 1. The zero-order chi connectivity index (χ0) is 13.2. The topological polar surface area (TPSA) is 74.8 Å². The summed E-state index contributed by atoms with van der Waals surface area (Å²) in [6, 6.07) is 7.87. The van der Waals surface area contributed by atoms with Gasteiger partial charge in [-0.1, -0.05) is 5.16 Å². The van der Waals surface area contributed by atoms with Gasteiger partial charge in [0.05, 0.1) is 6.54 Å². The Balaban J connectivity index is 2.09. The largest absolute Gasteiger partial charge is 0.352 e. The Bertz CT molecular complexity index is 652. The first-order chi connectivity index (χ1) is 9.29. The normalized spacial score (nSPS) is 12.7. The van der Waals surface area contributed by atoms with Gasteiger partial charge in [0.15, 0.2) is 0 Å². The Kier molecular flexibility index (Phi) is 2.92. The van der Waals surface area contributed by atoms with Crippen molar-refractivity contribution in [1.29, 1.82) is 0 Å². The van der Waals surface area contributed by atoms with E-state index < -0.39 is 0 Å². The molecule has 1 atom stereocenters. The quantitative estimate of drug-likeness (QED) is 0.764. The number of aromatic nitrogens is 4. The van der Waals surface area contributed by atoms with Gasteiger partial charge in [-0.2, -0.15) is 4.98 Å². The maximum Gasteiger partial charge on any atom is 0.240 e. The van der Waals surface area contributed by atoms with E-state index >= 15 is 0 Å². The van der Waals surface area contributed by atoms with E-state index in [1.165, 1.54) is 0 Å². The first kappa shape index (κ1) is 11.7. The lowest BCUT2D eigenvalue weighted by atomic mass is 10.2. The molecular formula is C13H15N5O. The molecule has 0 aliphatic carbocycles. The van der Waals surface area contributed by atoms with Gasteiger partial charge < -0.3 is 19.4 Å². The lowest BCUT2D eigenvalue weighted by Crippen LogP contribution is -2.15. The molecule has 3 rings (SSSR count). The van der Waals surface area contributed by atoms with Crippen LogP contribution in [0.1, 0.15) is 23.5 Å². The SMILES string of the molecule is Cn1cccc1C(c1noc(CN)n1)n1cccc1. The summed E-state index contributed by atoms with van der Waals surface area (Å²) in [5.41, 5.74) is 6.61. The Hall–Kier alpha value is -2.34. The van der Waals surface area contributed by atoms with Crippen molar-refractivity contribution in [3.05, 3.63) is 60.3 Å². The van der Waals surface area contributed by atoms with Crippen molar-refractivity contribution in [2.45, 2.75) is 12.6 Å². The first-order valence-corrected chi connectivity index (χ1v) is 6.06. The van der Waals surface area contributed by atoms with Crippen molar-refractivity contribution < 1.29 is 4.52 Å². The minimum absolute atomic E-state index is 0.112. The summed E-state index contributed by atoms with van der Waals surface area (Å²) in [7, 11) is 2.00. The zero-order valence-corrected chi connectivity index (χ0v) is 10.6. The molecule has 6 heteroatoms. The second-order valence-electron chi connectivity index (χ2n) is 4.33. The highest BCUT2D eigenvalue weighted by atomic mass is 16.5. The third-order valence-electron chi connectivity index (χ3n) is 3.09. The molecule has 0 amide bonds. The van der Waals surface area contributed by atoms with Gasteiger partial charge in [0.25, 0.3) is 0 Å². The molecule has 2 N–H and O–H groups in total. The van der Waals surface area contributed by atoms with Crippen LogP contribution in [0, 0.1) is 0 Å². The number of hydrogen-bond acceptors (Lipinski definition) is 4. The molecule has 0 fully saturated rings. The minimum atomic E-state index is -0.112. The average molecular weight is 257 g/mol. The molecule has 19 heavy (non-hydrogen) atoms. The molecule has 3 heterocycles. The van der Waals surface area contributed by atoms with Crippen LogP contribution in [0.4, 0.5) is 0 Å². The third kappa shape index (κ3) is 2.06. The molecule has 98 valence electrons. The standard InChI is InChI=1S/C13H15N5O/c1-17-6-4-5-10(17)12(18-7-2-3-8-18)13-15-11(9-14)19-16-13/h2-8,12H,9,14H2,1H3. The third-order valence-corrected chi connectivity index (χ3v) is 3.09. The highest BCUT2D eigenvalue weighted by Crippen LogP contribution is 2.24. The molecule has 1 unspecified atom stereocenters. The van der Waals surface area contributed by atoms with Crippen molar-refractivity contribution in [3.63, 3.8) is 0 Å². The zero-order valence-electron chi connectivity index (χ0n) is 10.6. The molecule has 6 nitrogen and oxygen atoms in total. The van der Waals surface area contributed by atoms with Crippen molar-refractivity contribution >= 4 is 0 Å². The fraction of sp³-hybridized carbons (Fsp3) is 0.231. The van der Waals surface area contributed by atoms with Crippen LogP contribution in [-0.2, 0) is 13.6 Å². The summed E-state index contributed by atoms with van der Waals surface area (Å²) in [6.45, 7) is 0.249. The smallest absolute Gasteiger partial charge is 0.240 e. The molecule has 0 saturated carbocycles. The molecule has 0 aromatic carbocycles. The number of aryl methyl sites for hydroxylation is 1. The van der Waals surface area contributed by atoms with Gasteiger partial charge in [0.2, 0.25) is 11.7 Å². The lowest BCUT2D eigenvalue weighted by molar-refractivity contribution is 0.370. The Labute approximate surface area is 110 Å². The molecular weight excluding hydrogens is 242 g/mol. The molecule has 0 aliphatic heterocycles. The second kappa shape index (κ2) is 4.74. The van der Waals surface area contributed by atoms with Crippen LogP contribution in [0.3, 0.4) is 0 Å². The second-order valence-corrected chi connectivity index (χ2v) is 4.33. The summed E-state index contributed by atoms with van der Waals surface area (Å²) >= 11 is 0. The highest BCUT2D eigenvalue weighted by Gasteiger charge is 2.23. The van der Waals surface area contributed by atoms with Crippen LogP contribution in [0.25, 0.3) is 0 Å². The average Bonchev–Trinajstić information content (AvgIpc) is 3.14. The Morgan fingerprint density at radius 2 is 2.05 bits per heavy atom. The van der Waals surface area contributed by atoms with Crippen LogP contribution in [-0.4, -0.2) is 19.3 Å².